The van der Waals surface area contributed by atoms with Gasteiger partial charge in [0, 0.05) is 31.9 Å². The van der Waals surface area contributed by atoms with Gasteiger partial charge >= 0.3 is 0 Å². The fourth-order valence-corrected chi connectivity index (χ4v) is 7.17. The number of anilines is 1. The topological polar surface area (TPSA) is 113 Å². The molecule has 1 N–H and O–H groups in total. The van der Waals surface area contributed by atoms with Crippen molar-refractivity contribution in [2.45, 2.75) is 29.6 Å². The molecule has 0 spiro atoms. The molecule has 9 nitrogen and oxygen atoms in total. The summed E-state index contributed by atoms with van der Waals surface area (Å²) in [5.41, 5.74) is 0.369. The molecule has 0 unspecified atom stereocenters. The lowest BCUT2D eigenvalue weighted by molar-refractivity contribution is 0.0730. The third-order valence-electron chi connectivity index (χ3n) is 6.28. The molecule has 2 aliphatic heterocycles. The number of carbonyl (C=O) groups is 1. The molecule has 0 saturated carbocycles. The van der Waals surface area contributed by atoms with Gasteiger partial charge in [-0.05, 0) is 61.2 Å². The molecule has 2 aromatic rings. The standard InChI is InChI=1S/C23H28ClN3O6S2/c1-17-8-10-26(11-9-17)35(31,32)20-6-7-22(24)21(16-20)23(28)25-18-2-4-19(5-3-18)34(29,30)27-12-14-33-15-13-27/h2-7,16-17H,8-15H2,1H3,(H,25,28). The molecule has 12 heteroatoms. The summed E-state index contributed by atoms with van der Waals surface area (Å²) in [5, 5.41) is 2.77. The van der Waals surface area contributed by atoms with Gasteiger partial charge in [-0.15, -0.1) is 0 Å². The number of rotatable bonds is 6. The van der Waals surface area contributed by atoms with E-state index in [9.17, 15) is 21.6 Å². The van der Waals surface area contributed by atoms with Crippen LogP contribution in [0.2, 0.25) is 5.02 Å². The summed E-state index contributed by atoms with van der Waals surface area (Å²) in [6, 6.07) is 9.87. The number of hydrogen-bond acceptors (Lipinski definition) is 6. The summed E-state index contributed by atoms with van der Waals surface area (Å²) in [4.78, 5) is 13.0. The molecule has 190 valence electrons. The van der Waals surface area contributed by atoms with Gasteiger partial charge in [0.25, 0.3) is 5.91 Å². The normalized spacial score (nSPS) is 18.9. The number of hydrogen-bond donors (Lipinski definition) is 1. The molecule has 2 aromatic carbocycles. The zero-order valence-electron chi connectivity index (χ0n) is 19.3. The third kappa shape index (κ3) is 5.71. The van der Waals surface area contributed by atoms with Gasteiger partial charge in [-0.3, -0.25) is 4.79 Å². The van der Waals surface area contributed by atoms with Crippen molar-refractivity contribution in [1.82, 2.24) is 8.61 Å². The first-order chi connectivity index (χ1) is 16.6. The van der Waals surface area contributed by atoms with Gasteiger partial charge in [-0.1, -0.05) is 18.5 Å². The number of halogens is 1. The van der Waals surface area contributed by atoms with E-state index < -0.39 is 26.0 Å². The number of sulfonamides is 2. The van der Waals surface area contributed by atoms with E-state index in [2.05, 4.69) is 12.2 Å². The molecule has 2 aliphatic rings. The lowest BCUT2D eigenvalue weighted by atomic mass is 10.0. The summed E-state index contributed by atoms with van der Waals surface area (Å²) >= 11 is 6.22. The number of piperidine rings is 1. The second kappa shape index (κ2) is 10.5. The van der Waals surface area contributed by atoms with Gasteiger partial charge in [0.05, 0.1) is 33.6 Å². The summed E-state index contributed by atoms with van der Waals surface area (Å²) in [5.74, 6) is -0.119. The van der Waals surface area contributed by atoms with Crippen molar-refractivity contribution in [3.8, 4) is 0 Å². The van der Waals surface area contributed by atoms with E-state index in [0.29, 0.717) is 37.9 Å². The Kier molecular flexibility index (Phi) is 7.84. The molecular formula is C23H28ClN3O6S2. The second-order valence-corrected chi connectivity index (χ2v) is 13.0. The van der Waals surface area contributed by atoms with Crippen molar-refractivity contribution < 1.29 is 26.4 Å². The first-order valence-corrected chi connectivity index (χ1v) is 14.6. The van der Waals surface area contributed by atoms with Crippen molar-refractivity contribution >= 4 is 43.2 Å². The van der Waals surface area contributed by atoms with Gasteiger partial charge in [-0.25, -0.2) is 16.8 Å². The number of nitrogens with zero attached hydrogens (tertiary/aromatic N) is 2. The van der Waals surface area contributed by atoms with Crippen LogP contribution in [0.1, 0.15) is 30.1 Å². The minimum Gasteiger partial charge on any atom is -0.379 e. The lowest BCUT2D eigenvalue weighted by Crippen LogP contribution is -2.40. The van der Waals surface area contributed by atoms with Crippen LogP contribution >= 0.6 is 11.6 Å². The van der Waals surface area contributed by atoms with Crippen LogP contribution in [-0.2, 0) is 24.8 Å². The maximum atomic E-state index is 13.1. The predicted octanol–water partition coefficient (Wildman–Crippen LogP) is 3.03. The Labute approximate surface area is 211 Å². The van der Waals surface area contributed by atoms with Crippen LogP contribution in [0.5, 0.6) is 0 Å². The minimum atomic E-state index is -3.75. The quantitative estimate of drug-likeness (QED) is 0.601. The smallest absolute Gasteiger partial charge is 0.257 e. The molecule has 0 bridgehead atoms. The van der Waals surface area contributed by atoms with Gasteiger partial charge < -0.3 is 10.1 Å². The number of carbonyl (C=O) groups excluding carboxylic acids is 1. The first kappa shape index (κ1) is 26.1. The number of benzene rings is 2. The molecule has 1 amide bonds. The Bertz CT molecular complexity index is 1290. The fraction of sp³-hybridized carbons (Fsp3) is 0.435. The highest BCUT2D eigenvalue weighted by molar-refractivity contribution is 7.89. The Morgan fingerprint density at radius 3 is 2.06 bits per heavy atom. The maximum Gasteiger partial charge on any atom is 0.257 e. The minimum absolute atomic E-state index is 0.00792. The largest absolute Gasteiger partial charge is 0.379 e. The van der Waals surface area contributed by atoms with Crippen molar-refractivity contribution in [2.75, 3.05) is 44.7 Å². The van der Waals surface area contributed by atoms with E-state index in [1.54, 1.807) is 0 Å². The molecule has 0 aliphatic carbocycles. The first-order valence-electron chi connectivity index (χ1n) is 11.4. The zero-order chi connectivity index (χ0) is 25.2. The average molecular weight is 542 g/mol. The molecule has 2 heterocycles. The van der Waals surface area contributed by atoms with Crippen LogP contribution in [-0.4, -0.2) is 70.7 Å². The molecule has 35 heavy (non-hydrogen) atoms. The average Bonchev–Trinajstić information content (AvgIpc) is 2.85. The monoisotopic (exact) mass is 541 g/mol. The van der Waals surface area contributed by atoms with Crippen LogP contribution in [0.15, 0.2) is 52.3 Å². The molecule has 0 aromatic heterocycles. The van der Waals surface area contributed by atoms with Gasteiger partial charge in [-0.2, -0.15) is 8.61 Å². The van der Waals surface area contributed by atoms with E-state index >= 15 is 0 Å². The van der Waals surface area contributed by atoms with E-state index in [1.165, 1.54) is 51.1 Å². The third-order valence-corrected chi connectivity index (χ3v) is 10.4. The van der Waals surface area contributed by atoms with Crippen molar-refractivity contribution in [3.05, 3.63) is 53.1 Å². The molecular weight excluding hydrogens is 514 g/mol. The molecule has 2 saturated heterocycles. The highest BCUT2D eigenvalue weighted by atomic mass is 35.5. The number of ether oxygens (including phenoxy) is 1. The number of morpholine rings is 1. The Morgan fingerprint density at radius 1 is 0.886 bits per heavy atom. The summed E-state index contributed by atoms with van der Waals surface area (Å²) in [6.45, 7) is 4.24. The fourth-order valence-electron chi connectivity index (χ4n) is 4.06. The van der Waals surface area contributed by atoms with Gasteiger partial charge in [0.1, 0.15) is 0 Å². The Hall–Kier alpha value is -2.02. The predicted molar refractivity (Wildman–Crippen MR) is 133 cm³/mol. The summed E-state index contributed by atoms with van der Waals surface area (Å²) in [6.07, 6.45) is 1.58. The van der Waals surface area contributed by atoms with Crippen molar-refractivity contribution in [2.24, 2.45) is 5.92 Å². The van der Waals surface area contributed by atoms with E-state index in [4.69, 9.17) is 16.3 Å². The van der Waals surface area contributed by atoms with Crippen LogP contribution in [0.4, 0.5) is 5.69 Å². The number of nitrogens with one attached hydrogen (secondary N) is 1. The highest BCUT2D eigenvalue weighted by Crippen LogP contribution is 2.27. The van der Waals surface area contributed by atoms with Crippen LogP contribution < -0.4 is 5.32 Å². The van der Waals surface area contributed by atoms with E-state index in [-0.39, 0.29) is 33.5 Å². The van der Waals surface area contributed by atoms with Gasteiger partial charge in [0.2, 0.25) is 20.0 Å². The van der Waals surface area contributed by atoms with Gasteiger partial charge in [0.15, 0.2) is 0 Å². The highest BCUT2D eigenvalue weighted by Gasteiger charge is 2.29. The van der Waals surface area contributed by atoms with Crippen LogP contribution in [0.25, 0.3) is 0 Å². The lowest BCUT2D eigenvalue weighted by Gasteiger charge is -2.29. The summed E-state index contributed by atoms with van der Waals surface area (Å²) in [7, 11) is -7.40. The van der Waals surface area contributed by atoms with E-state index in [0.717, 1.165) is 12.8 Å². The molecule has 0 atom stereocenters. The van der Waals surface area contributed by atoms with Crippen molar-refractivity contribution in [3.63, 3.8) is 0 Å². The maximum absolute atomic E-state index is 13.1. The molecule has 0 radical (unpaired) electrons. The zero-order valence-corrected chi connectivity index (χ0v) is 21.7. The Balaban J connectivity index is 1.50. The molecule has 2 fully saturated rings. The Morgan fingerprint density at radius 2 is 1.43 bits per heavy atom. The second-order valence-electron chi connectivity index (χ2n) is 8.72. The van der Waals surface area contributed by atoms with Crippen molar-refractivity contribution in [1.29, 1.82) is 0 Å². The number of amides is 1. The van der Waals surface area contributed by atoms with Crippen LogP contribution in [0, 0.1) is 5.92 Å². The SMILES string of the molecule is CC1CCN(S(=O)(=O)c2ccc(Cl)c(C(=O)Nc3ccc(S(=O)(=O)N4CCOCC4)cc3)c2)CC1. The van der Waals surface area contributed by atoms with E-state index in [1.807, 2.05) is 0 Å². The molecule has 4 rings (SSSR count). The summed E-state index contributed by atoms with van der Waals surface area (Å²) < 4.78 is 59.7. The van der Waals surface area contributed by atoms with Crippen LogP contribution in [0.3, 0.4) is 0 Å².